The lowest BCUT2D eigenvalue weighted by Crippen LogP contribution is -2.48. The maximum Gasteiger partial charge on any atom is 0.324 e. The van der Waals surface area contributed by atoms with E-state index in [1.807, 2.05) is 0 Å². The molecule has 2 aromatic rings. The number of ether oxygens (including phenoxy) is 2. The summed E-state index contributed by atoms with van der Waals surface area (Å²) in [6.45, 7) is 3.56. The molecule has 1 atom stereocenters. The number of benzene rings is 1. The van der Waals surface area contributed by atoms with Gasteiger partial charge in [-0.2, -0.15) is 4.31 Å². The second-order valence-corrected chi connectivity index (χ2v) is 8.19. The van der Waals surface area contributed by atoms with Crippen molar-refractivity contribution < 1.29 is 22.7 Å². The number of pyridine rings is 1. The molecule has 2 rings (SSSR count). The first-order valence-corrected chi connectivity index (χ1v) is 9.88. The van der Waals surface area contributed by atoms with E-state index in [9.17, 15) is 13.2 Å². The van der Waals surface area contributed by atoms with Crippen LogP contribution in [0.4, 0.5) is 0 Å². The monoisotopic (exact) mass is 392 g/mol. The number of rotatable bonds is 8. The predicted octanol–water partition coefficient (Wildman–Crippen LogP) is 2.48. The first kappa shape index (κ1) is 20.9. The number of esters is 1. The van der Waals surface area contributed by atoms with Gasteiger partial charge in [0.25, 0.3) is 0 Å². The SMILES string of the molecule is COC(=O)C(C(C)C)N(Cc1cccnc1)S(=O)(=O)c1ccc(OC)cc1. The fourth-order valence-corrected chi connectivity index (χ4v) is 4.43. The zero-order valence-electron chi connectivity index (χ0n) is 15.8. The van der Waals surface area contributed by atoms with E-state index in [1.165, 1.54) is 30.7 Å². The predicted molar refractivity (Wildman–Crippen MR) is 101 cm³/mol. The van der Waals surface area contributed by atoms with Gasteiger partial charge in [-0.15, -0.1) is 0 Å². The highest BCUT2D eigenvalue weighted by Gasteiger charge is 2.38. The Morgan fingerprint density at radius 2 is 1.81 bits per heavy atom. The molecule has 0 amide bonds. The van der Waals surface area contributed by atoms with Crippen molar-refractivity contribution in [3.8, 4) is 5.75 Å². The number of sulfonamides is 1. The topological polar surface area (TPSA) is 85.8 Å². The van der Waals surface area contributed by atoms with Gasteiger partial charge in [-0.3, -0.25) is 9.78 Å². The molecule has 0 aliphatic heterocycles. The van der Waals surface area contributed by atoms with E-state index in [0.717, 1.165) is 0 Å². The summed E-state index contributed by atoms with van der Waals surface area (Å²) in [6.07, 6.45) is 3.18. The summed E-state index contributed by atoms with van der Waals surface area (Å²) < 4.78 is 37.9. The standard InChI is InChI=1S/C19H24N2O5S/c1-14(2)18(19(22)26-4)21(13-15-6-5-11-20-12-15)27(23,24)17-9-7-16(25-3)8-10-17/h5-12,14,18H,13H2,1-4H3. The van der Waals surface area contributed by atoms with Gasteiger partial charge in [-0.1, -0.05) is 19.9 Å². The number of carbonyl (C=O) groups is 1. The molecule has 0 aliphatic rings. The quantitative estimate of drug-likeness (QED) is 0.642. The highest BCUT2D eigenvalue weighted by Crippen LogP contribution is 2.26. The van der Waals surface area contributed by atoms with Crippen molar-refractivity contribution in [2.75, 3.05) is 14.2 Å². The van der Waals surface area contributed by atoms with E-state index < -0.39 is 22.0 Å². The van der Waals surface area contributed by atoms with Crippen LogP contribution in [-0.4, -0.2) is 43.9 Å². The minimum atomic E-state index is -3.97. The fourth-order valence-electron chi connectivity index (χ4n) is 2.73. The molecule has 7 nitrogen and oxygen atoms in total. The van der Waals surface area contributed by atoms with E-state index in [1.54, 1.807) is 50.5 Å². The third kappa shape index (κ3) is 4.84. The Hall–Kier alpha value is -2.45. The van der Waals surface area contributed by atoms with Gasteiger partial charge in [0.05, 0.1) is 19.1 Å². The van der Waals surface area contributed by atoms with Gasteiger partial charge in [-0.05, 0) is 41.8 Å². The fraction of sp³-hybridized carbons (Fsp3) is 0.368. The minimum absolute atomic E-state index is 0.000148. The molecule has 0 saturated carbocycles. The molecule has 1 unspecified atom stereocenters. The van der Waals surface area contributed by atoms with Crippen molar-refractivity contribution in [1.82, 2.24) is 9.29 Å². The van der Waals surface area contributed by atoms with E-state index in [4.69, 9.17) is 9.47 Å². The second-order valence-electron chi connectivity index (χ2n) is 6.30. The number of carbonyl (C=O) groups excluding carboxylic acids is 1. The van der Waals surface area contributed by atoms with Crippen molar-refractivity contribution in [2.24, 2.45) is 5.92 Å². The molecule has 0 fully saturated rings. The Kier molecular flexibility index (Phi) is 6.92. The van der Waals surface area contributed by atoms with Crippen LogP contribution in [0.5, 0.6) is 5.75 Å². The highest BCUT2D eigenvalue weighted by atomic mass is 32.2. The number of hydrogen-bond acceptors (Lipinski definition) is 6. The van der Waals surface area contributed by atoms with Crippen molar-refractivity contribution in [1.29, 1.82) is 0 Å². The number of hydrogen-bond donors (Lipinski definition) is 0. The van der Waals surface area contributed by atoms with E-state index >= 15 is 0 Å². The Morgan fingerprint density at radius 3 is 2.30 bits per heavy atom. The smallest absolute Gasteiger partial charge is 0.324 e. The zero-order valence-corrected chi connectivity index (χ0v) is 16.6. The van der Waals surface area contributed by atoms with Gasteiger partial charge in [0.1, 0.15) is 11.8 Å². The Bertz CT molecular complexity index is 851. The molecule has 1 heterocycles. The van der Waals surface area contributed by atoms with Gasteiger partial charge < -0.3 is 9.47 Å². The largest absolute Gasteiger partial charge is 0.497 e. The minimum Gasteiger partial charge on any atom is -0.497 e. The zero-order chi connectivity index (χ0) is 20.0. The summed E-state index contributed by atoms with van der Waals surface area (Å²) in [7, 11) is -1.22. The molecule has 0 N–H and O–H groups in total. The summed E-state index contributed by atoms with van der Waals surface area (Å²) in [5.74, 6) is -0.353. The van der Waals surface area contributed by atoms with Gasteiger partial charge >= 0.3 is 5.97 Å². The molecule has 1 aromatic carbocycles. The molecule has 1 aromatic heterocycles. The molecule has 0 aliphatic carbocycles. The third-order valence-corrected chi connectivity index (χ3v) is 5.95. The second kappa shape index (κ2) is 8.96. The van der Waals surface area contributed by atoms with Crippen molar-refractivity contribution in [3.63, 3.8) is 0 Å². The summed E-state index contributed by atoms with van der Waals surface area (Å²) in [4.78, 5) is 16.5. The van der Waals surface area contributed by atoms with Crippen LogP contribution in [0, 0.1) is 5.92 Å². The maximum atomic E-state index is 13.4. The van der Waals surface area contributed by atoms with E-state index in [2.05, 4.69) is 4.98 Å². The molecule has 0 spiro atoms. The molecule has 0 saturated heterocycles. The molecule has 27 heavy (non-hydrogen) atoms. The van der Waals surface area contributed by atoms with Crippen LogP contribution in [0.15, 0.2) is 53.7 Å². The van der Waals surface area contributed by atoms with Crippen LogP contribution in [0.25, 0.3) is 0 Å². The van der Waals surface area contributed by atoms with Crippen LogP contribution in [0.3, 0.4) is 0 Å². The number of aromatic nitrogens is 1. The number of nitrogens with zero attached hydrogens (tertiary/aromatic N) is 2. The maximum absolute atomic E-state index is 13.4. The third-order valence-electron chi connectivity index (χ3n) is 4.11. The Labute approximate surface area is 160 Å². The van der Waals surface area contributed by atoms with E-state index in [-0.39, 0.29) is 17.4 Å². The van der Waals surface area contributed by atoms with Gasteiger partial charge in [0.15, 0.2) is 0 Å². The summed E-state index contributed by atoms with van der Waals surface area (Å²) in [6, 6.07) is 8.56. The summed E-state index contributed by atoms with van der Waals surface area (Å²) >= 11 is 0. The molecule has 8 heteroatoms. The average molecular weight is 392 g/mol. The van der Waals surface area contributed by atoms with Crippen molar-refractivity contribution in [3.05, 3.63) is 54.4 Å². The normalized spacial score (nSPS) is 12.8. The first-order chi connectivity index (χ1) is 12.8. The lowest BCUT2D eigenvalue weighted by molar-refractivity contribution is -0.146. The Morgan fingerprint density at radius 1 is 1.15 bits per heavy atom. The molecular weight excluding hydrogens is 368 g/mol. The first-order valence-electron chi connectivity index (χ1n) is 8.44. The lowest BCUT2D eigenvalue weighted by atomic mass is 10.0. The molecule has 0 bridgehead atoms. The molecular formula is C19H24N2O5S. The van der Waals surface area contributed by atoms with Gasteiger partial charge in [0.2, 0.25) is 10.0 Å². The van der Waals surface area contributed by atoms with Crippen molar-refractivity contribution >= 4 is 16.0 Å². The summed E-state index contributed by atoms with van der Waals surface area (Å²) in [5, 5.41) is 0. The van der Waals surface area contributed by atoms with Gasteiger partial charge in [0, 0.05) is 18.9 Å². The number of methoxy groups -OCH3 is 2. The van der Waals surface area contributed by atoms with Crippen molar-refractivity contribution in [2.45, 2.75) is 31.3 Å². The lowest BCUT2D eigenvalue weighted by Gasteiger charge is -2.31. The van der Waals surface area contributed by atoms with Crippen LogP contribution >= 0.6 is 0 Å². The van der Waals surface area contributed by atoms with Gasteiger partial charge in [-0.25, -0.2) is 8.42 Å². The van der Waals surface area contributed by atoms with Crippen LogP contribution in [0.1, 0.15) is 19.4 Å². The molecule has 0 radical (unpaired) electrons. The van der Waals surface area contributed by atoms with E-state index in [0.29, 0.717) is 11.3 Å². The highest BCUT2D eigenvalue weighted by molar-refractivity contribution is 7.89. The average Bonchev–Trinajstić information content (AvgIpc) is 2.67. The van der Waals surface area contributed by atoms with Crippen LogP contribution in [-0.2, 0) is 26.1 Å². The van der Waals surface area contributed by atoms with Crippen LogP contribution in [0.2, 0.25) is 0 Å². The Balaban J connectivity index is 2.53. The van der Waals surface area contributed by atoms with Crippen LogP contribution < -0.4 is 4.74 Å². The summed E-state index contributed by atoms with van der Waals surface area (Å²) in [5.41, 5.74) is 0.670. The molecule has 146 valence electrons.